The van der Waals surface area contributed by atoms with E-state index in [-0.39, 0.29) is 11.4 Å². The summed E-state index contributed by atoms with van der Waals surface area (Å²) in [7, 11) is 0. The average Bonchev–Trinajstić information content (AvgIpc) is 3.11. The molecule has 1 N–H and O–H groups in total. The van der Waals surface area contributed by atoms with Crippen molar-refractivity contribution in [2.75, 3.05) is 36.6 Å². The predicted molar refractivity (Wildman–Crippen MR) is 92.7 cm³/mol. The Hall–Kier alpha value is -3.47. The number of rotatable bonds is 6. The van der Waals surface area contributed by atoms with E-state index in [0.29, 0.717) is 24.9 Å². The molecule has 136 valence electrons. The lowest BCUT2D eigenvalue weighted by Crippen LogP contribution is -2.35. The van der Waals surface area contributed by atoms with Crippen LogP contribution >= 0.6 is 0 Å². The van der Waals surface area contributed by atoms with Gasteiger partial charge in [0.15, 0.2) is 5.88 Å². The summed E-state index contributed by atoms with van der Waals surface area (Å²) in [6, 6.07) is 6.80. The summed E-state index contributed by atoms with van der Waals surface area (Å²) >= 11 is 0. The summed E-state index contributed by atoms with van der Waals surface area (Å²) in [5.41, 5.74) is 1.74. The minimum absolute atomic E-state index is 0.0387. The first-order valence-electron chi connectivity index (χ1n) is 7.69. The summed E-state index contributed by atoms with van der Waals surface area (Å²) in [6.07, 6.45) is 1.37. The largest absolute Gasteiger partial charge is 0.440 e. The minimum atomic E-state index is -0.714. The van der Waals surface area contributed by atoms with Gasteiger partial charge in [-0.25, -0.2) is 0 Å². The van der Waals surface area contributed by atoms with Gasteiger partial charge in [0, 0.05) is 25.2 Å². The molecule has 1 aromatic heterocycles. The van der Waals surface area contributed by atoms with Crippen LogP contribution in [0.3, 0.4) is 0 Å². The van der Waals surface area contributed by atoms with Gasteiger partial charge in [-0.3, -0.25) is 25.7 Å². The minimum Gasteiger partial charge on any atom is -0.440 e. The predicted octanol–water partition coefficient (Wildman–Crippen LogP) is 2.38. The second kappa shape index (κ2) is 7.61. The zero-order chi connectivity index (χ0) is 18.5. The molecule has 2 aromatic rings. The van der Waals surface area contributed by atoms with E-state index in [0.717, 1.165) is 25.2 Å². The number of ether oxygens (including phenoxy) is 1. The van der Waals surface area contributed by atoms with Crippen molar-refractivity contribution in [3.05, 3.63) is 56.3 Å². The average molecular weight is 361 g/mol. The lowest BCUT2D eigenvalue weighted by molar-refractivity contribution is -0.393. The van der Waals surface area contributed by atoms with Gasteiger partial charge in [0.05, 0.1) is 35.3 Å². The molecule has 11 nitrogen and oxygen atoms in total. The molecule has 0 amide bonds. The maximum Gasteiger partial charge on any atom is 0.301 e. The molecule has 26 heavy (non-hydrogen) atoms. The Morgan fingerprint density at radius 3 is 2.58 bits per heavy atom. The van der Waals surface area contributed by atoms with E-state index in [2.05, 4.69) is 10.5 Å². The fourth-order valence-electron chi connectivity index (χ4n) is 2.41. The van der Waals surface area contributed by atoms with Gasteiger partial charge in [0.2, 0.25) is 0 Å². The van der Waals surface area contributed by atoms with Gasteiger partial charge >= 0.3 is 5.69 Å². The van der Waals surface area contributed by atoms with Gasteiger partial charge in [0.1, 0.15) is 11.4 Å². The lowest BCUT2D eigenvalue weighted by Gasteiger charge is -2.26. The van der Waals surface area contributed by atoms with E-state index >= 15 is 0 Å². The Balaban J connectivity index is 1.69. The third-order valence-corrected chi connectivity index (χ3v) is 3.70. The number of non-ortho nitro benzene ring substituents is 1. The van der Waals surface area contributed by atoms with Gasteiger partial charge in [-0.2, -0.15) is 5.10 Å². The fourth-order valence-corrected chi connectivity index (χ4v) is 2.41. The highest BCUT2D eigenvalue weighted by Gasteiger charge is 2.19. The van der Waals surface area contributed by atoms with Crippen molar-refractivity contribution in [1.82, 2.24) is 0 Å². The van der Waals surface area contributed by atoms with Gasteiger partial charge in [-0.1, -0.05) is 0 Å². The topological polar surface area (TPSA) is 136 Å². The summed E-state index contributed by atoms with van der Waals surface area (Å²) in [5, 5.41) is 25.7. The van der Waals surface area contributed by atoms with Crippen molar-refractivity contribution in [1.29, 1.82) is 0 Å². The third-order valence-electron chi connectivity index (χ3n) is 3.70. The van der Waals surface area contributed by atoms with E-state index in [1.807, 2.05) is 4.90 Å². The van der Waals surface area contributed by atoms with E-state index in [9.17, 15) is 20.2 Å². The lowest BCUT2D eigenvalue weighted by atomic mass is 10.2. The van der Waals surface area contributed by atoms with Crippen molar-refractivity contribution >= 4 is 29.2 Å². The van der Waals surface area contributed by atoms with E-state index < -0.39 is 15.5 Å². The Morgan fingerprint density at radius 2 is 1.88 bits per heavy atom. The highest BCUT2D eigenvalue weighted by Crippen LogP contribution is 2.29. The Morgan fingerprint density at radius 1 is 1.12 bits per heavy atom. The molecule has 1 saturated heterocycles. The number of nitro groups is 2. The summed E-state index contributed by atoms with van der Waals surface area (Å²) in [5.74, 6) is 1.15. The number of anilines is 2. The van der Waals surface area contributed by atoms with Crippen LogP contribution in [-0.4, -0.2) is 42.4 Å². The van der Waals surface area contributed by atoms with Crippen LogP contribution in [-0.2, 0) is 4.74 Å². The van der Waals surface area contributed by atoms with Crippen LogP contribution in [0.4, 0.5) is 22.9 Å². The molecule has 3 rings (SSSR count). The third kappa shape index (κ3) is 3.95. The number of hydrogen-bond acceptors (Lipinski definition) is 9. The number of furan rings is 1. The molecule has 0 radical (unpaired) electrons. The van der Waals surface area contributed by atoms with Crippen LogP contribution in [0, 0.1) is 20.2 Å². The Kier molecular flexibility index (Phi) is 5.08. The van der Waals surface area contributed by atoms with Gasteiger partial charge in [-0.05, 0) is 12.1 Å². The molecule has 1 aliphatic rings. The molecule has 1 aromatic carbocycles. The smallest absolute Gasteiger partial charge is 0.301 e. The molecule has 0 saturated carbocycles. The number of nitrogens with zero attached hydrogens (tertiary/aromatic N) is 4. The van der Waals surface area contributed by atoms with Gasteiger partial charge < -0.3 is 14.1 Å². The molecule has 0 unspecified atom stereocenters. The second-order valence-electron chi connectivity index (χ2n) is 5.36. The molecule has 1 fully saturated rings. The van der Waals surface area contributed by atoms with Crippen LogP contribution in [0.15, 0.2) is 39.9 Å². The van der Waals surface area contributed by atoms with Gasteiger partial charge in [0.25, 0.3) is 5.69 Å². The Bertz CT molecular complexity index is 843. The number of nitro benzene ring substituents is 2. The highest BCUT2D eigenvalue weighted by molar-refractivity contribution is 5.78. The number of morpholine rings is 1. The fraction of sp³-hybridized carbons (Fsp3) is 0.267. The quantitative estimate of drug-likeness (QED) is 0.470. The van der Waals surface area contributed by atoms with Crippen molar-refractivity contribution < 1.29 is 19.0 Å². The van der Waals surface area contributed by atoms with Crippen molar-refractivity contribution in [3.8, 4) is 0 Å². The first-order chi connectivity index (χ1) is 12.5. The zero-order valence-corrected chi connectivity index (χ0v) is 13.5. The van der Waals surface area contributed by atoms with Crippen LogP contribution in [0.1, 0.15) is 5.76 Å². The molecule has 2 heterocycles. The molecule has 0 bridgehead atoms. The summed E-state index contributed by atoms with van der Waals surface area (Å²) in [6.45, 7) is 2.74. The molecule has 0 atom stereocenters. The normalized spacial score (nSPS) is 14.5. The SMILES string of the molecule is O=[N+]([O-])c1ccc(N/N=C/c2ccc(N3CCOCC3)o2)c([N+](=O)[O-])c1. The Labute approximate surface area is 147 Å². The summed E-state index contributed by atoms with van der Waals surface area (Å²) < 4.78 is 10.9. The molecule has 0 aliphatic carbocycles. The van der Waals surface area contributed by atoms with E-state index in [1.165, 1.54) is 12.3 Å². The zero-order valence-electron chi connectivity index (χ0n) is 13.5. The van der Waals surface area contributed by atoms with Crippen molar-refractivity contribution in [2.24, 2.45) is 5.10 Å². The van der Waals surface area contributed by atoms with Crippen LogP contribution in [0.5, 0.6) is 0 Å². The molecule has 11 heteroatoms. The first kappa shape index (κ1) is 17.4. The first-order valence-corrected chi connectivity index (χ1v) is 7.69. The van der Waals surface area contributed by atoms with E-state index in [4.69, 9.17) is 9.15 Å². The maximum atomic E-state index is 11.1. The highest BCUT2D eigenvalue weighted by atomic mass is 16.6. The monoisotopic (exact) mass is 361 g/mol. The molecule has 0 spiro atoms. The molecular weight excluding hydrogens is 346 g/mol. The molecular formula is C15H15N5O6. The number of hydrogen-bond donors (Lipinski definition) is 1. The van der Waals surface area contributed by atoms with Crippen LogP contribution in [0.2, 0.25) is 0 Å². The van der Waals surface area contributed by atoms with E-state index in [1.54, 1.807) is 12.1 Å². The second-order valence-corrected chi connectivity index (χ2v) is 5.36. The number of nitrogens with one attached hydrogen (secondary N) is 1. The number of benzene rings is 1. The van der Waals surface area contributed by atoms with Crippen molar-refractivity contribution in [2.45, 2.75) is 0 Å². The van der Waals surface area contributed by atoms with Crippen LogP contribution in [0.25, 0.3) is 0 Å². The van der Waals surface area contributed by atoms with Crippen LogP contribution < -0.4 is 10.3 Å². The van der Waals surface area contributed by atoms with Crippen molar-refractivity contribution in [3.63, 3.8) is 0 Å². The molecule has 1 aliphatic heterocycles. The van der Waals surface area contributed by atoms with Gasteiger partial charge in [-0.15, -0.1) is 0 Å². The standard InChI is InChI=1S/C15H15N5O6/c21-19(22)11-1-3-13(14(9-11)20(23)24)17-16-10-12-2-4-15(26-12)18-5-7-25-8-6-18/h1-4,9-10,17H,5-8H2/b16-10+. The number of hydrazone groups is 1. The maximum absolute atomic E-state index is 11.1. The summed E-state index contributed by atoms with van der Waals surface area (Å²) in [4.78, 5) is 22.4.